The third-order valence-corrected chi connectivity index (χ3v) is 2.52. The number of nitrogens with two attached hydrogens (primary N) is 1. The van der Waals surface area contributed by atoms with E-state index in [1.54, 1.807) is 19.1 Å². The van der Waals surface area contributed by atoms with Crippen LogP contribution in [-0.4, -0.2) is 0 Å². The maximum atomic E-state index is 13.7. The highest BCUT2D eigenvalue weighted by atomic mass is 19.1. The molecule has 0 radical (unpaired) electrons. The second-order valence-corrected chi connectivity index (χ2v) is 4.00. The second-order valence-electron chi connectivity index (χ2n) is 4.00. The van der Waals surface area contributed by atoms with Crippen LogP contribution in [0.1, 0.15) is 18.5 Å². The van der Waals surface area contributed by atoms with E-state index in [4.69, 9.17) is 10.5 Å². The molecule has 4 heteroatoms. The Morgan fingerprint density at radius 2 is 1.72 bits per heavy atom. The van der Waals surface area contributed by atoms with Crippen LogP contribution in [-0.2, 0) is 0 Å². The lowest BCUT2D eigenvalue weighted by Gasteiger charge is -2.14. The average molecular weight is 249 g/mol. The predicted molar refractivity (Wildman–Crippen MR) is 65.5 cm³/mol. The van der Waals surface area contributed by atoms with Crippen LogP contribution in [0.25, 0.3) is 0 Å². The molecule has 0 heterocycles. The van der Waals surface area contributed by atoms with Gasteiger partial charge in [0.25, 0.3) is 0 Å². The molecule has 0 bridgehead atoms. The van der Waals surface area contributed by atoms with Crippen molar-refractivity contribution in [3.63, 3.8) is 0 Å². The Kier molecular flexibility index (Phi) is 3.58. The van der Waals surface area contributed by atoms with Crippen molar-refractivity contribution in [3.05, 3.63) is 59.7 Å². The van der Waals surface area contributed by atoms with E-state index in [-0.39, 0.29) is 17.6 Å². The molecule has 0 aliphatic carbocycles. The molecule has 94 valence electrons. The lowest BCUT2D eigenvalue weighted by molar-refractivity contribution is 0.431. The number of benzene rings is 2. The third-order valence-electron chi connectivity index (χ3n) is 2.52. The summed E-state index contributed by atoms with van der Waals surface area (Å²) in [7, 11) is 0. The molecular weight excluding hydrogens is 236 g/mol. The highest BCUT2D eigenvalue weighted by Gasteiger charge is 2.13. The molecule has 0 fully saturated rings. The van der Waals surface area contributed by atoms with Gasteiger partial charge in [-0.05, 0) is 37.3 Å². The molecule has 2 rings (SSSR count). The molecule has 2 aromatic carbocycles. The molecule has 1 unspecified atom stereocenters. The van der Waals surface area contributed by atoms with Crippen LogP contribution < -0.4 is 10.5 Å². The lowest BCUT2D eigenvalue weighted by atomic mass is 10.1. The molecule has 0 amide bonds. The first kappa shape index (κ1) is 12.5. The normalized spacial score (nSPS) is 12.2. The molecular formula is C14H13F2NO. The predicted octanol–water partition coefficient (Wildman–Crippen LogP) is 3.78. The van der Waals surface area contributed by atoms with Gasteiger partial charge in [0.15, 0.2) is 11.6 Å². The number of para-hydroxylation sites is 1. The van der Waals surface area contributed by atoms with E-state index in [0.717, 1.165) is 0 Å². The topological polar surface area (TPSA) is 35.2 Å². The lowest BCUT2D eigenvalue weighted by Crippen LogP contribution is -2.07. The van der Waals surface area contributed by atoms with Gasteiger partial charge in [0.05, 0.1) is 0 Å². The van der Waals surface area contributed by atoms with Crippen molar-refractivity contribution in [2.45, 2.75) is 13.0 Å². The van der Waals surface area contributed by atoms with Crippen LogP contribution in [0.5, 0.6) is 11.5 Å². The van der Waals surface area contributed by atoms with Gasteiger partial charge in [0, 0.05) is 11.6 Å². The van der Waals surface area contributed by atoms with Gasteiger partial charge in [-0.3, -0.25) is 0 Å². The van der Waals surface area contributed by atoms with Crippen molar-refractivity contribution in [2.24, 2.45) is 5.73 Å². The Labute approximate surface area is 104 Å². The quantitative estimate of drug-likeness (QED) is 0.898. The van der Waals surface area contributed by atoms with E-state index in [1.807, 2.05) is 0 Å². The second kappa shape index (κ2) is 5.14. The number of hydrogen-bond donors (Lipinski definition) is 1. The minimum Gasteiger partial charge on any atom is -0.454 e. The minimum atomic E-state index is -0.492. The fourth-order valence-corrected chi connectivity index (χ4v) is 1.61. The summed E-state index contributed by atoms with van der Waals surface area (Å²) < 4.78 is 31.9. The van der Waals surface area contributed by atoms with Gasteiger partial charge in [-0.1, -0.05) is 12.1 Å². The molecule has 0 saturated heterocycles. The van der Waals surface area contributed by atoms with Crippen LogP contribution in [0.2, 0.25) is 0 Å². The molecule has 2 aromatic rings. The van der Waals surface area contributed by atoms with E-state index in [0.29, 0.717) is 11.3 Å². The summed E-state index contributed by atoms with van der Waals surface area (Å²) in [6.45, 7) is 1.74. The van der Waals surface area contributed by atoms with E-state index >= 15 is 0 Å². The van der Waals surface area contributed by atoms with Gasteiger partial charge >= 0.3 is 0 Å². The first-order valence-corrected chi connectivity index (χ1v) is 5.55. The Morgan fingerprint density at radius 3 is 2.33 bits per heavy atom. The fourth-order valence-electron chi connectivity index (χ4n) is 1.61. The summed E-state index contributed by atoms with van der Waals surface area (Å²) in [5.41, 5.74) is 6.32. The van der Waals surface area contributed by atoms with Gasteiger partial charge in [0.1, 0.15) is 11.6 Å². The van der Waals surface area contributed by atoms with E-state index in [1.165, 1.54) is 30.3 Å². The Balaban J connectivity index is 2.36. The molecule has 0 aromatic heterocycles. The molecule has 0 aliphatic rings. The summed E-state index contributed by atoms with van der Waals surface area (Å²) in [6.07, 6.45) is 0. The SMILES string of the molecule is CC(N)c1cccc(F)c1Oc1ccc(F)cc1. The molecule has 0 spiro atoms. The number of rotatable bonds is 3. The van der Waals surface area contributed by atoms with Gasteiger partial charge in [-0.25, -0.2) is 8.78 Å². The number of hydrogen-bond acceptors (Lipinski definition) is 2. The van der Waals surface area contributed by atoms with Crippen molar-refractivity contribution < 1.29 is 13.5 Å². The zero-order valence-electron chi connectivity index (χ0n) is 9.86. The standard InChI is InChI=1S/C14H13F2NO/c1-9(17)12-3-2-4-13(16)14(12)18-11-7-5-10(15)6-8-11/h2-9H,17H2,1H3. The van der Waals surface area contributed by atoms with Gasteiger partial charge in [0.2, 0.25) is 0 Å². The first-order valence-electron chi connectivity index (χ1n) is 5.55. The maximum absolute atomic E-state index is 13.7. The average Bonchev–Trinajstić information content (AvgIpc) is 2.34. The zero-order chi connectivity index (χ0) is 13.1. The van der Waals surface area contributed by atoms with Gasteiger partial charge < -0.3 is 10.5 Å². The molecule has 0 aliphatic heterocycles. The first-order chi connectivity index (χ1) is 8.58. The third kappa shape index (κ3) is 2.65. The van der Waals surface area contributed by atoms with Gasteiger partial charge in [-0.2, -0.15) is 0 Å². The zero-order valence-corrected chi connectivity index (χ0v) is 9.86. The summed E-state index contributed by atoms with van der Waals surface area (Å²) in [6, 6.07) is 9.60. The number of ether oxygens (including phenoxy) is 1. The Morgan fingerprint density at radius 1 is 1.06 bits per heavy atom. The fraction of sp³-hybridized carbons (Fsp3) is 0.143. The molecule has 18 heavy (non-hydrogen) atoms. The molecule has 2 nitrogen and oxygen atoms in total. The van der Waals surface area contributed by atoms with Crippen molar-refractivity contribution in [1.29, 1.82) is 0 Å². The molecule has 1 atom stereocenters. The highest BCUT2D eigenvalue weighted by Crippen LogP contribution is 2.31. The largest absolute Gasteiger partial charge is 0.454 e. The molecule has 0 saturated carbocycles. The van der Waals surface area contributed by atoms with Crippen molar-refractivity contribution >= 4 is 0 Å². The molecule has 2 N–H and O–H groups in total. The minimum absolute atomic E-state index is 0.0825. The van der Waals surface area contributed by atoms with Crippen molar-refractivity contribution in [3.8, 4) is 11.5 Å². The van der Waals surface area contributed by atoms with E-state index in [9.17, 15) is 8.78 Å². The summed E-state index contributed by atoms with van der Waals surface area (Å²) in [5, 5.41) is 0. The highest BCUT2D eigenvalue weighted by molar-refractivity contribution is 5.40. The van der Waals surface area contributed by atoms with Crippen molar-refractivity contribution in [1.82, 2.24) is 0 Å². The smallest absolute Gasteiger partial charge is 0.167 e. The number of halogens is 2. The Hall–Kier alpha value is -1.94. The summed E-state index contributed by atoms with van der Waals surface area (Å²) in [5.74, 6) is -0.417. The van der Waals surface area contributed by atoms with E-state index in [2.05, 4.69) is 0 Å². The van der Waals surface area contributed by atoms with Crippen molar-refractivity contribution in [2.75, 3.05) is 0 Å². The van der Waals surface area contributed by atoms with Crippen LogP contribution in [0, 0.1) is 11.6 Å². The summed E-state index contributed by atoms with van der Waals surface area (Å²) in [4.78, 5) is 0. The van der Waals surface area contributed by atoms with Gasteiger partial charge in [-0.15, -0.1) is 0 Å². The van der Waals surface area contributed by atoms with E-state index < -0.39 is 5.82 Å². The maximum Gasteiger partial charge on any atom is 0.167 e. The van der Waals surface area contributed by atoms with Crippen LogP contribution >= 0.6 is 0 Å². The van der Waals surface area contributed by atoms with Crippen LogP contribution in [0.15, 0.2) is 42.5 Å². The summed E-state index contributed by atoms with van der Waals surface area (Å²) >= 11 is 0. The van der Waals surface area contributed by atoms with Crippen LogP contribution in [0.4, 0.5) is 8.78 Å². The van der Waals surface area contributed by atoms with Crippen LogP contribution in [0.3, 0.4) is 0 Å². The monoisotopic (exact) mass is 249 g/mol. The Bertz CT molecular complexity index is 538.